The van der Waals surface area contributed by atoms with Gasteiger partial charge in [0.2, 0.25) is 5.66 Å². The van der Waals surface area contributed by atoms with Crippen LogP contribution in [0.5, 0.6) is 0 Å². The van der Waals surface area contributed by atoms with Crippen LogP contribution in [0.15, 0.2) is 54.6 Å². The third kappa shape index (κ3) is 2.98. The van der Waals surface area contributed by atoms with E-state index in [0.29, 0.717) is 0 Å². The van der Waals surface area contributed by atoms with Gasteiger partial charge in [-0.05, 0) is 12.1 Å². The van der Waals surface area contributed by atoms with Crippen molar-refractivity contribution in [2.75, 3.05) is 6.26 Å². The average molecular weight is 279 g/mol. The van der Waals surface area contributed by atoms with Crippen LogP contribution in [0.25, 0.3) is 0 Å². The maximum atomic E-state index is 13.0. The zero-order valence-electron chi connectivity index (χ0n) is 9.92. The summed E-state index contributed by atoms with van der Waals surface area (Å²) in [5, 5.41) is 0. The van der Waals surface area contributed by atoms with Crippen molar-refractivity contribution in [3.05, 3.63) is 71.5 Å². The Kier molecular flexibility index (Phi) is 4.51. The summed E-state index contributed by atoms with van der Waals surface area (Å²) in [6.07, 6.45) is 1.83. The predicted octanol–water partition coefficient (Wildman–Crippen LogP) is 5.02. The molecule has 0 heterocycles. The third-order valence-corrected chi connectivity index (χ3v) is 5.78. The van der Waals surface area contributed by atoms with Gasteiger partial charge in [0.15, 0.2) is 0 Å². The van der Waals surface area contributed by atoms with Gasteiger partial charge in [0.25, 0.3) is 0 Å². The van der Waals surface area contributed by atoms with Crippen LogP contribution in [-0.2, 0) is 4.57 Å². The zero-order valence-corrected chi connectivity index (χ0v) is 11.6. The monoisotopic (exact) mass is 279 g/mol. The summed E-state index contributed by atoms with van der Waals surface area (Å²) in [6.45, 7) is 0. The molecule has 18 heavy (non-hydrogen) atoms. The van der Waals surface area contributed by atoms with Crippen LogP contribution >= 0.6 is 18.4 Å². The molecule has 4 heteroatoms. The molecule has 0 amide bonds. The fourth-order valence-electron chi connectivity index (χ4n) is 1.82. The second-order valence-corrected chi connectivity index (χ2v) is 7.46. The number of rotatable bonds is 4. The molecule has 0 aliphatic heterocycles. The molecule has 2 aromatic rings. The van der Waals surface area contributed by atoms with E-state index in [4.69, 9.17) is 0 Å². The van der Waals surface area contributed by atoms with Crippen LogP contribution in [0.3, 0.4) is 0 Å². The standard InChI is InChI=1S/C14H13FOPS/c1-18-17(16)14(11-5-3-2-4-6-11)12-7-9-13(15)10-8-12/h2-10,14H,1H3/q+1. The molecular formula is C14H13FOPS+. The molecule has 1 nitrogen and oxygen atoms in total. The highest BCUT2D eigenvalue weighted by Crippen LogP contribution is 2.53. The van der Waals surface area contributed by atoms with Gasteiger partial charge in [0.1, 0.15) is 17.2 Å². The van der Waals surface area contributed by atoms with E-state index in [2.05, 4.69) is 0 Å². The van der Waals surface area contributed by atoms with Crippen LogP contribution in [0, 0.1) is 5.82 Å². The van der Waals surface area contributed by atoms with E-state index in [-0.39, 0.29) is 11.5 Å². The first-order valence-electron chi connectivity index (χ1n) is 5.53. The molecule has 2 aromatic carbocycles. The Morgan fingerprint density at radius 2 is 1.56 bits per heavy atom. The van der Waals surface area contributed by atoms with Crippen LogP contribution < -0.4 is 0 Å². The molecule has 0 radical (unpaired) electrons. The van der Waals surface area contributed by atoms with Crippen molar-refractivity contribution in [3.63, 3.8) is 0 Å². The Balaban J connectivity index is 2.43. The number of hydrogen-bond acceptors (Lipinski definition) is 2. The summed E-state index contributed by atoms with van der Waals surface area (Å²) >= 11 is 1.34. The number of halogens is 1. The van der Waals surface area contributed by atoms with Gasteiger partial charge in [0, 0.05) is 17.4 Å². The molecule has 0 saturated carbocycles. The molecule has 2 unspecified atom stereocenters. The van der Waals surface area contributed by atoms with Crippen LogP contribution in [0.1, 0.15) is 16.8 Å². The first-order valence-corrected chi connectivity index (χ1v) is 8.69. The highest BCUT2D eigenvalue weighted by Gasteiger charge is 2.33. The van der Waals surface area contributed by atoms with Crippen molar-refractivity contribution in [1.82, 2.24) is 0 Å². The molecule has 0 aliphatic rings. The van der Waals surface area contributed by atoms with Crippen molar-refractivity contribution in [2.45, 2.75) is 5.66 Å². The van der Waals surface area contributed by atoms with Gasteiger partial charge in [-0.25, -0.2) is 4.39 Å². The Morgan fingerprint density at radius 1 is 1.00 bits per heavy atom. The van der Waals surface area contributed by atoms with Gasteiger partial charge in [-0.2, -0.15) is 0 Å². The van der Waals surface area contributed by atoms with E-state index < -0.39 is 7.00 Å². The molecule has 2 rings (SSSR count). The Bertz CT molecular complexity index is 527. The van der Waals surface area contributed by atoms with E-state index in [1.807, 2.05) is 36.6 Å². The summed E-state index contributed by atoms with van der Waals surface area (Å²) in [5.74, 6) is -0.273. The SMILES string of the molecule is CS[P+](=O)C(c1ccccc1)c1ccc(F)cc1. The summed E-state index contributed by atoms with van der Waals surface area (Å²) in [7, 11) is -1.46. The van der Waals surface area contributed by atoms with Crippen LogP contribution in [-0.4, -0.2) is 6.26 Å². The molecule has 92 valence electrons. The largest absolute Gasteiger partial charge is 0.422 e. The van der Waals surface area contributed by atoms with Crippen LogP contribution in [0.4, 0.5) is 4.39 Å². The summed E-state index contributed by atoms with van der Waals surface area (Å²) < 4.78 is 25.2. The van der Waals surface area contributed by atoms with E-state index in [9.17, 15) is 8.96 Å². The highest BCUT2D eigenvalue weighted by atomic mass is 32.7. The fourth-order valence-corrected chi connectivity index (χ4v) is 4.23. The van der Waals surface area contributed by atoms with E-state index >= 15 is 0 Å². The van der Waals surface area contributed by atoms with Gasteiger partial charge in [0.05, 0.1) is 0 Å². The first kappa shape index (κ1) is 13.3. The van der Waals surface area contributed by atoms with Gasteiger partial charge in [-0.1, -0.05) is 47.0 Å². The summed E-state index contributed by atoms with van der Waals surface area (Å²) in [4.78, 5) is 0. The first-order chi connectivity index (χ1) is 8.72. The smallest absolute Gasteiger partial charge is 0.207 e. The molecule has 0 aromatic heterocycles. The van der Waals surface area contributed by atoms with Crippen LogP contribution in [0.2, 0.25) is 0 Å². The minimum atomic E-state index is -1.46. The maximum absolute atomic E-state index is 13.0. The summed E-state index contributed by atoms with van der Waals surface area (Å²) in [6, 6.07) is 15.9. The van der Waals surface area contributed by atoms with Crippen molar-refractivity contribution < 1.29 is 8.96 Å². The third-order valence-electron chi connectivity index (χ3n) is 2.69. The molecule has 2 atom stereocenters. The Labute approximate surface area is 111 Å². The minimum absolute atomic E-state index is 0.184. The second kappa shape index (κ2) is 6.12. The van der Waals surface area contributed by atoms with Crippen molar-refractivity contribution in [1.29, 1.82) is 0 Å². The van der Waals surface area contributed by atoms with Crippen molar-refractivity contribution in [2.24, 2.45) is 0 Å². The van der Waals surface area contributed by atoms with Crippen molar-refractivity contribution >= 4 is 18.4 Å². The molecule has 0 aliphatic carbocycles. The molecule has 0 bridgehead atoms. The number of hydrogen-bond donors (Lipinski definition) is 0. The van der Waals surface area contributed by atoms with Gasteiger partial charge < -0.3 is 0 Å². The lowest BCUT2D eigenvalue weighted by Crippen LogP contribution is -1.95. The molecular weight excluding hydrogens is 266 g/mol. The van der Waals surface area contributed by atoms with E-state index in [1.54, 1.807) is 12.1 Å². The molecule has 0 saturated heterocycles. The lowest BCUT2D eigenvalue weighted by atomic mass is 10.0. The lowest BCUT2D eigenvalue weighted by molar-refractivity contribution is 0.592. The van der Waals surface area contributed by atoms with Gasteiger partial charge >= 0.3 is 7.00 Å². The zero-order chi connectivity index (χ0) is 13.0. The molecule has 0 N–H and O–H groups in total. The fraction of sp³-hybridized carbons (Fsp3) is 0.143. The predicted molar refractivity (Wildman–Crippen MR) is 75.8 cm³/mol. The topological polar surface area (TPSA) is 17.1 Å². The molecule has 0 spiro atoms. The maximum Gasteiger partial charge on any atom is 0.422 e. The number of benzene rings is 2. The van der Waals surface area contributed by atoms with E-state index in [0.717, 1.165) is 11.1 Å². The summed E-state index contributed by atoms with van der Waals surface area (Å²) in [5.41, 5.74) is 1.70. The minimum Gasteiger partial charge on any atom is -0.207 e. The van der Waals surface area contributed by atoms with Gasteiger partial charge in [-0.15, -0.1) is 0 Å². The quantitative estimate of drug-likeness (QED) is 0.731. The van der Waals surface area contributed by atoms with Gasteiger partial charge in [-0.3, -0.25) is 0 Å². The second-order valence-electron chi connectivity index (χ2n) is 3.83. The Morgan fingerprint density at radius 3 is 2.11 bits per heavy atom. The van der Waals surface area contributed by atoms with E-state index in [1.165, 1.54) is 23.5 Å². The van der Waals surface area contributed by atoms with Crippen molar-refractivity contribution in [3.8, 4) is 0 Å². The average Bonchev–Trinajstić information content (AvgIpc) is 2.42. The Hall–Kier alpha value is -1.18. The lowest BCUT2D eigenvalue weighted by Gasteiger charge is -2.07. The normalized spacial score (nSPS) is 13.1. The highest BCUT2D eigenvalue weighted by molar-refractivity contribution is 8.51. The molecule has 0 fully saturated rings.